The van der Waals surface area contributed by atoms with E-state index in [4.69, 9.17) is 4.74 Å². The zero-order valence-electron chi connectivity index (χ0n) is 13.8. The van der Waals surface area contributed by atoms with Gasteiger partial charge in [0.2, 0.25) is 0 Å². The Bertz CT molecular complexity index is 713. The molecule has 5 heteroatoms. The van der Waals surface area contributed by atoms with Crippen LogP contribution in [0.25, 0.3) is 0 Å². The molecule has 2 rings (SSSR count). The Balaban J connectivity index is 2.25. The van der Waals surface area contributed by atoms with Crippen LogP contribution in [0.1, 0.15) is 32.7 Å². The molecule has 0 saturated heterocycles. The van der Waals surface area contributed by atoms with E-state index in [-0.39, 0.29) is 11.7 Å². The molecule has 0 unspecified atom stereocenters. The lowest BCUT2D eigenvalue weighted by molar-refractivity contribution is 0.0775. The van der Waals surface area contributed by atoms with Gasteiger partial charge in [0.25, 0.3) is 5.91 Å². The van der Waals surface area contributed by atoms with Gasteiger partial charge in [0, 0.05) is 42.9 Å². The smallest absolute Gasteiger partial charge is 0.254 e. The molecule has 126 valence electrons. The normalized spacial score (nSPS) is 10.5. The predicted molar refractivity (Wildman–Crippen MR) is 97.5 cm³/mol. The van der Waals surface area contributed by atoms with Crippen LogP contribution in [-0.4, -0.2) is 43.9 Å². The van der Waals surface area contributed by atoms with Crippen molar-refractivity contribution in [3.8, 4) is 0 Å². The van der Waals surface area contributed by atoms with Crippen molar-refractivity contribution in [1.82, 2.24) is 4.90 Å². The Morgan fingerprint density at radius 2 is 1.67 bits per heavy atom. The Kier molecular flexibility index (Phi) is 6.70. The molecule has 24 heavy (non-hydrogen) atoms. The molecule has 0 fully saturated rings. The summed E-state index contributed by atoms with van der Waals surface area (Å²) in [7, 11) is 3.37. The highest BCUT2D eigenvalue weighted by Crippen LogP contribution is 2.18. The van der Waals surface area contributed by atoms with Gasteiger partial charge < -0.3 is 9.64 Å². The summed E-state index contributed by atoms with van der Waals surface area (Å²) in [6, 6.07) is 14.1. The molecule has 2 aromatic carbocycles. The molecule has 0 aromatic heterocycles. The molecular weight excluding hydrogens is 370 g/mol. The highest BCUT2D eigenvalue weighted by atomic mass is 79.9. The molecular formula is C19H20BrNO3. The molecule has 1 amide bonds. The van der Waals surface area contributed by atoms with Gasteiger partial charge in [-0.2, -0.15) is 0 Å². The first-order valence-corrected chi connectivity index (χ1v) is 8.47. The molecule has 2 aromatic rings. The molecule has 0 aliphatic rings. The van der Waals surface area contributed by atoms with Crippen molar-refractivity contribution < 1.29 is 14.3 Å². The average molecular weight is 390 g/mol. The standard InChI is InChI=1S/C19H20BrNO3/c1-21(12-5-13-24-2)19(23)17-7-4-3-6-16(17)18(22)14-8-10-15(20)11-9-14/h3-4,6-11H,5,12-13H2,1-2H3. The van der Waals surface area contributed by atoms with Crippen molar-refractivity contribution in [3.63, 3.8) is 0 Å². The first-order chi connectivity index (χ1) is 11.5. The van der Waals surface area contributed by atoms with E-state index in [9.17, 15) is 9.59 Å². The highest BCUT2D eigenvalue weighted by molar-refractivity contribution is 9.10. The number of benzene rings is 2. The number of halogens is 1. The third-order valence-electron chi connectivity index (χ3n) is 3.70. The number of ether oxygens (including phenoxy) is 1. The van der Waals surface area contributed by atoms with Gasteiger partial charge in [0.1, 0.15) is 0 Å². The summed E-state index contributed by atoms with van der Waals surface area (Å²) in [4.78, 5) is 27.1. The average Bonchev–Trinajstić information content (AvgIpc) is 2.61. The van der Waals surface area contributed by atoms with Crippen LogP contribution in [0.2, 0.25) is 0 Å². The fourth-order valence-corrected chi connectivity index (χ4v) is 2.64. The minimum Gasteiger partial charge on any atom is -0.385 e. The van der Waals surface area contributed by atoms with Crippen molar-refractivity contribution in [1.29, 1.82) is 0 Å². The molecule has 4 nitrogen and oxygen atoms in total. The minimum atomic E-state index is -0.160. The van der Waals surface area contributed by atoms with E-state index in [1.54, 1.807) is 55.5 Å². The quantitative estimate of drug-likeness (QED) is 0.534. The van der Waals surface area contributed by atoms with Crippen molar-refractivity contribution >= 4 is 27.6 Å². The van der Waals surface area contributed by atoms with Crippen LogP contribution in [0, 0.1) is 0 Å². The van der Waals surface area contributed by atoms with Gasteiger partial charge in [-0.25, -0.2) is 0 Å². The molecule has 0 atom stereocenters. The SMILES string of the molecule is COCCCN(C)C(=O)c1ccccc1C(=O)c1ccc(Br)cc1. The summed E-state index contributed by atoms with van der Waals surface area (Å²) in [5, 5.41) is 0. The first kappa shape index (κ1) is 18.4. The number of hydrogen-bond acceptors (Lipinski definition) is 3. The maximum atomic E-state index is 12.8. The number of carbonyl (C=O) groups is 2. The third kappa shape index (κ3) is 4.52. The van der Waals surface area contributed by atoms with E-state index in [2.05, 4.69) is 15.9 Å². The van der Waals surface area contributed by atoms with E-state index >= 15 is 0 Å². The number of nitrogens with zero attached hydrogens (tertiary/aromatic N) is 1. The molecule has 0 saturated carbocycles. The van der Waals surface area contributed by atoms with Crippen LogP contribution in [0.15, 0.2) is 53.0 Å². The molecule has 0 heterocycles. The van der Waals surface area contributed by atoms with Crippen molar-refractivity contribution in [3.05, 3.63) is 69.7 Å². The first-order valence-electron chi connectivity index (χ1n) is 7.68. The zero-order valence-corrected chi connectivity index (χ0v) is 15.4. The van der Waals surface area contributed by atoms with Crippen LogP contribution < -0.4 is 0 Å². The fraction of sp³-hybridized carbons (Fsp3) is 0.263. The Morgan fingerprint density at radius 1 is 1.04 bits per heavy atom. The van der Waals surface area contributed by atoms with Crippen LogP contribution in [0.3, 0.4) is 0 Å². The lowest BCUT2D eigenvalue weighted by Gasteiger charge is -2.18. The second-order valence-electron chi connectivity index (χ2n) is 5.45. The lowest BCUT2D eigenvalue weighted by Crippen LogP contribution is -2.29. The second-order valence-corrected chi connectivity index (χ2v) is 6.37. The maximum Gasteiger partial charge on any atom is 0.254 e. The molecule has 0 spiro atoms. The lowest BCUT2D eigenvalue weighted by atomic mass is 9.97. The zero-order chi connectivity index (χ0) is 17.5. The molecule has 0 aliphatic heterocycles. The topological polar surface area (TPSA) is 46.6 Å². The summed E-state index contributed by atoms with van der Waals surface area (Å²) in [6.07, 6.45) is 0.752. The summed E-state index contributed by atoms with van der Waals surface area (Å²) in [6.45, 7) is 1.17. The van der Waals surface area contributed by atoms with E-state index in [0.717, 1.165) is 10.9 Å². The van der Waals surface area contributed by atoms with Gasteiger partial charge in [-0.1, -0.05) is 34.1 Å². The summed E-state index contributed by atoms with van der Waals surface area (Å²) < 4.78 is 5.92. The van der Waals surface area contributed by atoms with Crippen LogP contribution in [-0.2, 0) is 4.74 Å². The molecule has 0 N–H and O–H groups in total. The van der Waals surface area contributed by atoms with Gasteiger partial charge in [-0.05, 0) is 36.8 Å². The van der Waals surface area contributed by atoms with E-state index in [1.165, 1.54) is 0 Å². The van der Waals surface area contributed by atoms with Crippen molar-refractivity contribution in [2.75, 3.05) is 27.3 Å². The van der Waals surface area contributed by atoms with Gasteiger partial charge in [0.05, 0.1) is 5.56 Å². The van der Waals surface area contributed by atoms with E-state index in [1.807, 2.05) is 12.1 Å². The number of ketones is 1. The Labute approximate surface area is 150 Å². The van der Waals surface area contributed by atoms with Gasteiger partial charge in [-0.15, -0.1) is 0 Å². The summed E-state index contributed by atoms with van der Waals surface area (Å²) >= 11 is 3.36. The number of rotatable bonds is 7. The van der Waals surface area contributed by atoms with Crippen LogP contribution in [0.4, 0.5) is 0 Å². The van der Waals surface area contributed by atoms with Crippen LogP contribution >= 0.6 is 15.9 Å². The largest absolute Gasteiger partial charge is 0.385 e. The molecule has 0 radical (unpaired) electrons. The number of carbonyl (C=O) groups excluding carboxylic acids is 2. The van der Waals surface area contributed by atoms with Gasteiger partial charge in [0.15, 0.2) is 5.78 Å². The monoisotopic (exact) mass is 389 g/mol. The Hall–Kier alpha value is -1.98. The number of methoxy groups -OCH3 is 1. The third-order valence-corrected chi connectivity index (χ3v) is 4.23. The molecule has 0 aliphatic carbocycles. The van der Waals surface area contributed by atoms with Crippen molar-refractivity contribution in [2.24, 2.45) is 0 Å². The van der Waals surface area contributed by atoms with E-state index in [0.29, 0.717) is 29.8 Å². The van der Waals surface area contributed by atoms with Gasteiger partial charge in [-0.3, -0.25) is 9.59 Å². The van der Waals surface area contributed by atoms with Crippen molar-refractivity contribution in [2.45, 2.75) is 6.42 Å². The number of amides is 1. The fourth-order valence-electron chi connectivity index (χ4n) is 2.38. The Morgan fingerprint density at radius 3 is 2.29 bits per heavy atom. The van der Waals surface area contributed by atoms with Crippen LogP contribution in [0.5, 0.6) is 0 Å². The second kappa shape index (κ2) is 8.76. The summed E-state index contributed by atoms with van der Waals surface area (Å²) in [5.41, 5.74) is 1.40. The summed E-state index contributed by atoms with van der Waals surface area (Å²) in [5.74, 6) is -0.316. The molecule has 0 bridgehead atoms. The maximum absolute atomic E-state index is 12.8. The van der Waals surface area contributed by atoms with Gasteiger partial charge >= 0.3 is 0 Å². The minimum absolute atomic E-state index is 0.156. The number of hydrogen-bond donors (Lipinski definition) is 0. The highest BCUT2D eigenvalue weighted by Gasteiger charge is 2.20. The van der Waals surface area contributed by atoms with E-state index < -0.39 is 0 Å². The predicted octanol–water partition coefficient (Wildman–Crippen LogP) is 3.79.